The summed E-state index contributed by atoms with van der Waals surface area (Å²) in [5, 5.41) is 3.47. The maximum atomic E-state index is 14.2. The molecule has 1 heterocycles. The molecule has 1 nitrogen and oxygen atoms in total. The maximum absolute atomic E-state index is 14.2. The quantitative estimate of drug-likeness (QED) is 0.820. The third-order valence-electron chi connectivity index (χ3n) is 4.28. The molecular formula is C19H22FN. The van der Waals surface area contributed by atoms with Crippen molar-refractivity contribution < 1.29 is 4.39 Å². The van der Waals surface area contributed by atoms with Crippen molar-refractivity contribution in [2.75, 3.05) is 6.54 Å². The van der Waals surface area contributed by atoms with Gasteiger partial charge < -0.3 is 5.32 Å². The lowest BCUT2D eigenvalue weighted by Crippen LogP contribution is -2.31. The monoisotopic (exact) mass is 283 g/mol. The zero-order chi connectivity index (χ0) is 15.0. The van der Waals surface area contributed by atoms with E-state index in [0.717, 1.165) is 18.5 Å². The van der Waals surface area contributed by atoms with E-state index >= 15 is 0 Å². The van der Waals surface area contributed by atoms with Crippen molar-refractivity contribution in [1.82, 2.24) is 5.32 Å². The highest BCUT2D eigenvalue weighted by atomic mass is 19.1. The fraction of sp³-hybridized carbons (Fsp3) is 0.368. The van der Waals surface area contributed by atoms with Crippen LogP contribution in [0.4, 0.5) is 4.39 Å². The van der Waals surface area contributed by atoms with Crippen LogP contribution >= 0.6 is 0 Å². The maximum Gasteiger partial charge on any atom is 0.128 e. The van der Waals surface area contributed by atoms with Gasteiger partial charge in [-0.2, -0.15) is 0 Å². The van der Waals surface area contributed by atoms with Gasteiger partial charge in [0.2, 0.25) is 0 Å². The van der Waals surface area contributed by atoms with E-state index in [-0.39, 0.29) is 17.3 Å². The van der Waals surface area contributed by atoms with Crippen molar-refractivity contribution in [3.63, 3.8) is 0 Å². The summed E-state index contributed by atoms with van der Waals surface area (Å²) in [5.74, 6) is -0.135. The van der Waals surface area contributed by atoms with Crippen LogP contribution in [0.2, 0.25) is 0 Å². The second kappa shape index (κ2) is 5.27. The minimum absolute atomic E-state index is 0.0442. The Hall–Kier alpha value is -1.67. The van der Waals surface area contributed by atoms with E-state index in [2.05, 4.69) is 44.3 Å². The highest BCUT2D eigenvalue weighted by Gasteiger charge is 2.25. The molecule has 0 aliphatic carbocycles. The number of rotatable bonds is 1. The number of hydrogen-bond acceptors (Lipinski definition) is 1. The molecule has 1 aliphatic rings. The molecule has 1 unspecified atom stereocenters. The van der Waals surface area contributed by atoms with Crippen LogP contribution in [0.3, 0.4) is 0 Å². The predicted molar refractivity (Wildman–Crippen MR) is 85.1 cm³/mol. The Morgan fingerprint density at radius 3 is 2.52 bits per heavy atom. The van der Waals surface area contributed by atoms with Crippen LogP contribution in [0, 0.1) is 5.82 Å². The first-order valence-electron chi connectivity index (χ1n) is 7.58. The Balaban J connectivity index is 2.10. The van der Waals surface area contributed by atoms with Crippen molar-refractivity contribution in [1.29, 1.82) is 0 Å². The molecule has 0 aromatic heterocycles. The van der Waals surface area contributed by atoms with Crippen LogP contribution in [0.25, 0.3) is 0 Å². The molecule has 0 saturated carbocycles. The predicted octanol–water partition coefficient (Wildman–Crippen LogP) is 4.36. The van der Waals surface area contributed by atoms with E-state index in [9.17, 15) is 4.39 Å². The summed E-state index contributed by atoms with van der Waals surface area (Å²) in [6.07, 6.45) is 1.00. The Morgan fingerprint density at radius 2 is 1.81 bits per heavy atom. The van der Waals surface area contributed by atoms with Crippen molar-refractivity contribution in [3.8, 4) is 0 Å². The summed E-state index contributed by atoms with van der Waals surface area (Å²) in [7, 11) is 0. The van der Waals surface area contributed by atoms with E-state index in [1.165, 1.54) is 16.7 Å². The first-order valence-corrected chi connectivity index (χ1v) is 7.58. The Bertz CT molecular complexity index is 655. The molecule has 1 aliphatic heterocycles. The van der Waals surface area contributed by atoms with Gasteiger partial charge in [0.15, 0.2) is 0 Å². The Morgan fingerprint density at radius 1 is 1.05 bits per heavy atom. The van der Waals surface area contributed by atoms with Gasteiger partial charge in [0.05, 0.1) is 6.04 Å². The summed E-state index contributed by atoms with van der Waals surface area (Å²) in [6.45, 7) is 7.52. The van der Waals surface area contributed by atoms with Crippen LogP contribution in [0.1, 0.15) is 49.1 Å². The minimum atomic E-state index is -0.135. The Kier molecular flexibility index (Phi) is 3.58. The Labute approximate surface area is 126 Å². The fourth-order valence-corrected chi connectivity index (χ4v) is 3.01. The third kappa shape index (κ3) is 2.73. The van der Waals surface area contributed by atoms with Gasteiger partial charge in [-0.3, -0.25) is 0 Å². The molecule has 1 N–H and O–H groups in total. The van der Waals surface area contributed by atoms with Crippen LogP contribution in [-0.4, -0.2) is 6.54 Å². The molecule has 21 heavy (non-hydrogen) atoms. The van der Waals surface area contributed by atoms with Gasteiger partial charge >= 0.3 is 0 Å². The van der Waals surface area contributed by atoms with E-state index < -0.39 is 0 Å². The van der Waals surface area contributed by atoms with E-state index in [4.69, 9.17) is 0 Å². The molecule has 0 amide bonds. The van der Waals surface area contributed by atoms with E-state index in [1.807, 2.05) is 12.1 Å². The minimum Gasteiger partial charge on any atom is -0.306 e. The van der Waals surface area contributed by atoms with Gasteiger partial charge in [-0.25, -0.2) is 4.39 Å². The van der Waals surface area contributed by atoms with Crippen LogP contribution < -0.4 is 5.32 Å². The largest absolute Gasteiger partial charge is 0.306 e. The molecule has 0 bridgehead atoms. The topological polar surface area (TPSA) is 12.0 Å². The number of fused-ring (bicyclic) bond motifs is 1. The lowest BCUT2D eigenvalue weighted by atomic mass is 9.81. The van der Waals surface area contributed by atoms with Crippen molar-refractivity contribution in [2.45, 2.75) is 38.6 Å². The number of hydrogen-bond donors (Lipinski definition) is 1. The molecule has 1 atom stereocenters. The third-order valence-corrected chi connectivity index (χ3v) is 4.28. The smallest absolute Gasteiger partial charge is 0.128 e. The fourth-order valence-electron chi connectivity index (χ4n) is 3.01. The van der Waals surface area contributed by atoms with Gasteiger partial charge in [0.1, 0.15) is 5.82 Å². The van der Waals surface area contributed by atoms with Crippen molar-refractivity contribution >= 4 is 0 Å². The summed E-state index contributed by atoms with van der Waals surface area (Å²) >= 11 is 0. The summed E-state index contributed by atoms with van der Waals surface area (Å²) < 4.78 is 14.2. The van der Waals surface area contributed by atoms with Gasteiger partial charge in [0.25, 0.3) is 0 Å². The van der Waals surface area contributed by atoms with Crippen LogP contribution in [-0.2, 0) is 11.8 Å². The highest BCUT2D eigenvalue weighted by molar-refractivity contribution is 5.43. The van der Waals surface area contributed by atoms with Crippen molar-refractivity contribution in [3.05, 3.63) is 70.5 Å². The zero-order valence-corrected chi connectivity index (χ0v) is 12.9. The molecule has 2 heteroatoms. The van der Waals surface area contributed by atoms with Crippen LogP contribution in [0.5, 0.6) is 0 Å². The zero-order valence-electron chi connectivity index (χ0n) is 12.9. The summed E-state index contributed by atoms with van der Waals surface area (Å²) in [4.78, 5) is 0. The molecule has 2 aromatic carbocycles. The standard InChI is InChI=1S/C19H22FN/c1-19(2,3)14-9-8-13-10-11-21-18(16(13)12-14)15-6-4-5-7-17(15)20/h4-9,12,18,21H,10-11H2,1-3H3. The van der Waals surface area contributed by atoms with E-state index in [1.54, 1.807) is 12.1 Å². The molecule has 0 saturated heterocycles. The lowest BCUT2D eigenvalue weighted by molar-refractivity contribution is 0.524. The van der Waals surface area contributed by atoms with E-state index in [0.29, 0.717) is 0 Å². The van der Waals surface area contributed by atoms with Gasteiger partial charge in [-0.15, -0.1) is 0 Å². The first kappa shape index (κ1) is 14.3. The lowest BCUT2D eigenvalue weighted by Gasteiger charge is -2.30. The first-order chi connectivity index (χ1) is 9.97. The molecule has 0 fully saturated rings. The van der Waals surface area contributed by atoms with Crippen LogP contribution in [0.15, 0.2) is 42.5 Å². The average Bonchev–Trinajstić information content (AvgIpc) is 2.46. The molecule has 3 rings (SSSR count). The summed E-state index contributed by atoms with van der Waals surface area (Å²) in [5.41, 5.74) is 4.69. The molecule has 0 radical (unpaired) electrons. The highest BCUT2D eigenvalue weighted by Crippen LogP contribution is 2.33. The number of benzene rings is 2. The van der Waals surface area contributed by atoms with Gasteiger partial charge in [-0.05, 0) is 34.6 Å². The second-order valence-electron chi connectivity index (χ2n) is 6.82. The van der Waals surface area contributed by atoms with Gasteiger partial charge in [-0.1, -0.05) is 57.2 Å². The number of nitrogens with one attached hydrogen (secondary N) is 1. The normalized spacial score (nSPS) is 18.4. The van der Waals surface area contributed by atoms with Crippen molar-refractivity contribution in [2.24, 2.45) is 0 Å². The number of halogens is 1. The van der Waals surface area contributed by atoms with Gasteiger partial charge in [0, 0.05) is 12.1 Å². The second-order valence-corrected chi connectivity index (χ2v) is 6.82. The average molecular weight is 283 g/mol. The molecule has 2 aromatic rings. The summed E-state index contributed by atoms with van der Waals surface area (Å²) in [6, 6.07) is 13.7. The molecular weight excluding hydrogens is 261 g/mol. The molecule has 110 valence electrons. The SMILES string of the molecule is CC(C)(C)c1ccc2c(c1)C(c1ccccc1F)NCC2. The molecule has 0 spiro atoms.